The van der Waals surface area contributed by atoms with Crippen LogP contribution in [0.15, 0.2) is 29.3 Å². The maximum atomic E-state index is 5.96. The number of hydrogen-bond acceptors (Lipinski definition) is 3. The minimum absolute atomic E-state index is 0. The van der Waals surface area contributed by atoms with E-state index in [0.29, 0.717) is 12.6 Å². The highest BCUT2D eigenvalue weighted by Crippen LogP contribution is 2.28. The van der Waals surface area contributed by atoms with Crippen molar-refractivity contribution in [1.29, 1.82) is 0 Å². The first-order chi connectivity index (χ1) is 12.1. The molecule has 1 atom stereocenters. The van der Waals surface area contributed by atoms with Gasteiger partial charge in [-0.1, -0.05) is 18.2 Å². The third-order valence-electron chi connectivity index (χ3n) is 4.62. The number of nitrogens with zero attached hydrogens (tertiary/aromatic N) is 2. The van der Waals surface area contributed by atoms with E-state index in [-0.39, 0.29) is 30.1 Å². The van der Waals surface area contributed by atoms with Gasteiger partial charge >= 0.3 is 0 Å². The number of para-hydroxylation sites is 1. The van der Waals surface area contributed by atoms with Crippen molar-refractivity contribution in [2.24, 2.45) is 4.99 Å². The molecule has 1 aromatic rings. The number of hydrogen-bond donors (Lipinski definition) is 2. The lowest BCUT2D eigenvalue weighted by Crippen LogP contribution is -2.39. The first-order valence-electron chi connectivity index (χ1n) is 9.57. The standard InChI is InChI=1S/C20H34N4O.HI/c1-5-21-20(22-12-8-9-13-24(4)16(2)3)23-15-18-14-17-10-6-7-11-19(17)25-18;/h6-7,10-11,16,18H,5,8-9,12-15H2,1-4H3,(H2,21,22,23);1H. The first-order valence-corrected chi connectivity index (χ1v) is 9.57. The summed E-state index contributed by atoms with van der Waals surface area (Å²) in [6.45, 7) is 10.2. The van der Waals surface area contributed by atoms with Gasteiger partial charge in [0.25, 0.3) is 0 Å². The van der Waals surface area contributed by atoms with Crippen molar-refractivity contribution >= 4 is 29.9 Å². The quantitative estimate of drug-likeness (QED) is 0.250. The van der Waals surface area contributed by atoms with Crippen molar-refractivity contribution in [3.8, 4) is 5.75 Å². The molecular weight excluding hydrogens is 439 g/mol. The molecule has 0 fully saturated rings. The van der Waals surface area contributed by atoms with E-state index >= 15 is 0 Å². The fourth-order valence-corrected chi connectivity index (χ4v) is 2.84. The molecule has 1 aliphatic rings. The van der Waals surface area contributed by atoms with Gasteiger partial charge in [-0.25, -0.2) is 4.99 Å². The van der Waals surface area contributed by atoms with Crippen LogP contribution in [0.3, 0.4) is 0 Å². The van der Waals surface area contributed by atoms with Crippen LogP contribution < -0.4 is 15.4 Å². The van der Waals surface area contributed by atoms with E-state index in [1.54, 1.807) is 0 Å². The summed E-state index contributed by atoms with van der Waals surface area (Å²) in [5, 5.41) is 6.75. The fourth-order valence-electron chi connectivity index (χ4n) is 2.84. The number of guanidine groups is 1. The Hall–Kier alpha value is -1.02. The van der Waals surface area contributed by atoms with Crippen LogP contribution in [0.1, 0.15) is 39.2 Å². The van der Waals surface area contributed by atoms with Crippen LogP contribution in [-0.4, -0.2) is 56.2 Å². The van der Waals surface area contributed by atoms with Crippen LogP contribution in [0.25, 0.3) is 0 Å². The molecule has 6 heteroatoms. The molecule has 1 unspecified atom stereocenters. The summed E-state index contributed by atoms with van der Waals surface area (Å²) in [5.41, 5.74) is 1.29. The van der Waals surface area contributed by atoms with Crippen molar-refractivity contribution in [2.75, 3.05) is 33.2 Å². The SMILES string of the molecule is CCNC(=NCC1Cc2ccccc2O1)NCCCCN(C)C(C)C.I. The van der Waals surface area contributed by atoms with Gasteiger partial charge in [-0.15, -0.1) is 24.0 Å². The van der Waals surface area contributed by atoms with Crippen LogP contribution in [0, 0.1) is 0 Å². The second kappa shape index (κ2) is 12.4. The van der Waals surface area contributed by atoms with Crippen LogP contribution in [-0.2, 0) is 6.42 Å². The Morgan fingerprint density at radius 3 is 2.73 bits per heavy atom. The number of rotatable bonds is 9. The Morgan fingerprint density at radius 1 is 1.27 bits per heavy atom. The second-order valence-corrected chi connectivity index (χ2v) is 6.98. The molecule has 0 amide bonds. The number of fused-ring (bicyclic) bond motifs is 1. The summed E-state index contributed by atoms with van der Waals surface area (Å²) >= 11 is 0. The molecule has 1 aliphatic heterocycles. The summed E-state index contributed by atoms with van der Waals surface area (Å²) in [5.74, 6) is 1.90. The van der Waals surface area contributed by atoms with E-state index in [1.807, 2.05) is 12.1 Å². The maximum absolute atomic E-state index is 5.96. The second-order valence-electron chi connectivity index (χ2n) is 6.98. The van der Waals surface area contributed by atoms with Gasteiger partial charge in [0.2, 0.25) is 0 Å². The van der Waals surface area contributed by atoms with Crippen molar-refractivity contribution < 1.29 is 4.74 Å². The molecule has 26 heavy (non-hydrogen) atoms. The van der Waals surface area contributed by atoms with Gasteiger partial charge in [0, 0.05) is 25.6 Å². The van der Waals surface area contributed by atoms with Gasteiger partial charge in [-0.2, -0.15) is 0 Å². The van der Waals surface area contributed by atoms with Gasteiger partial charge in [-0.3, -0.25) is 0 Å². The molecule has 5 nitrogen and oxygen atoms in total. The molecular formula is C20H35IN4O. The zero-order chi connectivity index (χ0) is 18.1. The number of benzene rings is 1. The molecule has 0 aliphatic carbocycles. The number of halogens is 1. The summed E-state index contributed by atoms with van der Waals surface area (Å²) in [4.78, 5) is 7.08. The number of unbranched alkanes of at least 4 members (excludes halogenated alkanes) is 1. The topological polar surface area (TPSA) is 48.9 Å². The Balaban J connectivity index is 0.00000338. The summed E-state index contributed by atoms with van der Waals surface area (Å²) in [7, 11) is 2.18. The van der Waals surface area contributed by atoms with E-state index < -0.39 is 0 Å². The third-order valence-corrected chi connectivity index (χ3v) is 4.62. The Labute approximate surface area is 176 Å². The molecule has 1 aromatic carbocycles. The van der Waals surface area contributed by atoms with Crippen LogP contribution >= 0.6 is 24.0 Å². The maximum Gasteiger partial charge on any atom is 0.191 e. The average Bonchev–Trinajstić information content (AvgIpc) is 3.01. The Morgan fingerprint density at radius 2 is 2.04 bits per heavy atom. The van der Waals surface area contributed by atoms with E-state index in [0.717, 1.165) is 44.2 Å². The molecule has 0 saturated heterocycles. The molecule has 148 valence electrons. The van der Waals surface area contributed by atoms with Gasteiger partial charge in [0.15, 0.2) is 5.96 Å². The van der Waals surface area contributed by atoms with Crippen LogP contribution in [0.5, 0.6) is 5.75 Å². The molecule has 0 radical (unpaired) electrons. The lowest BCUT2D eigenvalue weighted by atomic mass is 10.1. The van der Waals surface area contributed by atoms with Gasteiger partial charge < -0.3 is 20.3 Å². The summed E-state index contributed by atoms with van der Waals surface area (Å²) in [6.07, 6.45) is 3.43. The van der Waals surface area contributed by atoms with E-state index in [4.69, 9.17) is 9.73 Å². The van der Waals surface area contributed by atoms with Gasteiger partial charge in [0.05, 0.1) is 6.54 Å². The van der Waals surface area contributed by atoms with Crippen LogP contribution in [0.2, 0.25) is 0 Å². The van der Waals surface area contributed by atoms with E-state index in [1.165, 1.54) is 12.0 Å². The Bertz CT molecular complexity index is 525. The molecule has 0 saturated carbocycles. The third kappa shape index (κ3) is 7.70. The van der Waals surface area contributed by atoms with E-state index in [2.05, 4.69) is 55.5 Å². The highest BCUT2D eigenvalue weighted by atomic mass is 127. The van der Waals surface area contributed by atoms with Gasteiger partial charge in [-0.05, 0) is 58.8 Å². The number of nitrogens with one attached hydrogen (secondary N) is 2. The molecule has 2 rings (SSSR count). The fraction of sp³-hybridized carbons (Fsp3) is 0.650. The zero-order valence-corrected chi connectivity index (χ0v) is 19.0. The molecule has 2 N–H and O–H groups in total. The normalized spacial score (nSPS) is 16.2. The summed E-state index contributed by atoms with van der Waals surface area (Å²) in [6, 6.07) is 8.87. The minimum Gasteiger partial charge on any atom is -0.488 e. The van der Waals surface area contributed by atoms with Crippen molar-refractivity contribution in [3.63, 3.8) is 0 Å². The summed E-state index contributed by atoms with van der Waals surface area (Å²) < 4.78 is 5.96. The lowest BCUT2D eigenvalue weighted by Gasteiger charge is -2.20. The highest BCUT2D eigenvalue weighted by Gasteiger charge is 2.21. The smallest absolute Gasteiger partial charge is 0.191 e. The predicted octanol–water partition coefficient (Wildman–Crippen LogP) is 3.28. The molecule has 0 aromatic heterocycles. The molecule has 0 spiro atoms. The molecule has 1 heterocycles. The average molecular weight is 474 g/mol. The lowest BCUT2D eigenvalue weighted by molar-refractivity contribution is 0.241. The first kappa shape index (κ1) is 23.0. The minimum atomic E-state index is 0. The van der Waals surface area contributed by atoms with Crippen molar-refractivity contribution in [2.45, 2.75) is 52.2 Å². The largest absolute Gasteiger partial charge is 0.488 e. The van der Waals surface area contributed by atoms with Crippen molar-refractivity contribution in [1.82, 2.24) is 15.5 Å². The van der Waals surface area contributed by atoms with E-state index in [9.17, 15) is 0 Å². The molecule has 0 bridgehead atoms. The van der Waals surface area contributed by atoms with Crippen LogP contribution in [0.4, 0.5) is 0 Å². The Kier molecular flexibility index (Phi) is 11.0. The number of aliphatic imine (C=N–C) groups is 1. The zero-order valence-electron chi connectivity index (χ0n) is 16.6. The monoisotopic (exact) mass is 474 g/mol. The highest BCUT2D eigenvalue weighted by molar-refractivity contribution is 14.0. The van der Waals surface area contributed by atoms with Crippen molar-refractivity contribution in [3.05, 3.63) is 29.8 Å². The predicted molar refractivity (Wildman–Crippen MR) is 121 cm³/mol. The van der Waals surface area contributed by atoms with Gasteiger partial charge in [0.1, 0.15) is 11.9 Å². The number of ether oxygens (including phenoxy) is 1.